The van der Waals surface area contributed by atoms with Crippen molar-refractivity contribution in [1.29, 1.82) is 0 Å². The lowest BCUT2D eigenvalue weighted by Gasteiger charge is -2.11. The minimum Gasteiger partial charge on any atom is -0.493 e. The summed E-state index contributed by atoms with van der Waals surface area (Å²) in [4.78, 5) is 12.6. The van der Waals surface area contributed by atoms with E-state index in [2.05, 4.69) is 10.5 Å². The lowest BCUT2D eigenvalue weighted by Crippen LogP contribution is -2.18. The molecule has 0 aliphatic rings. The molecule has 148 valence electrons. The number of carbonyl (C=O) groups excluding carboxylic acids is 1. The average molecular weight is 390 g/mol. The molecule has 1 amide bonds. The summed E-state index contributed by atoms with van der Waals surface area (Å²) in [6, 6.07) is 22.2. The topological polar surface area (TPSA) is 69.2 Å². The maximum Gasteiger partial charge on any atom is 0.275 e. The van der Waals surface area contributed by atoms with Gasteiger partial charge in [-0.1, -0.05) is 48.5 Å². The Labute approximate surface area is 169 Å². The van der Waals surface area contributed by atoms with Crippen molar-refractivity contribution in [1.82, 2.24) is 5.43 Å². The number of hydrogen-bond acceptors (Lipinski definition) is 5. The third-order valence-corrected chi connectivity index (χ3v) is 4.17. The molecule has 0 saturated carbocycles. The zero-order valence-corrected chi connectivity index (χ0v) is 16.3. The molecule has 0 heterocycles. The maximum absolute atomic E-state index is 12.6. The van der Waals surface area contributed by atoms with Crippen LogP contribution in [0.4, 0.5) is 0 Å². The van der Waals surface area contributed by atoms with Crippen molar-refractivity contribution in [2.75, 3.05) is 14.2 Å². The predicted molar refractivity (Wildman–Crippen MR) is 112 cm³/mol. The van der Waals surface area contributed by atoms with Gasteiger partial charge < -0.3 is 14.2 Å². The molecule has 0 spiro atoms. The first-order valence-corrected chi connectivity index (χ1v) is 9.03. The summed E-state index contributed by atoms with van der Waals surface area (Å²) >= 11 is 0. The van der Waals surface area contributed by atoms with Crippen LogP contribution in [0.1, 0.15) is 21.5 Å². The van der Waals surface area contributed by atoms with Crippen LogP contribution in [0.3, 0.4) is 0 Å². The highest BCUT2D eigenvalue weighted by molar-refractivity contribution is 5.97. The van der Waals surface area contributed by atoms with E-state index in [0.717, 1.165) is 5.56 Å². The summed E-state index contributed by atoms with van der Waals surface area (Å²) in [5.41, 5.74) is 4.63. The van der Waals surface area contributed by atoms with E-state index in [-0.39, 0.29) is 5.91 Å². The van der Waals surface area contributed by atoms with Gasteiger partial charge >= 0.3 is 0 Å². The van der Waals surface area contributed by atoms with Crippen LogP contribution in [-0.4, -0.2) is 26.3 Å². The second-order valence-corrected chi connectivity index (χ2v) is 6.05. The van der Waals surface area contributed by atoms with Crippen LogP contribution in [-0.2, 0) is 6.61 Å². The number of ether oxygens (including phenoxy) is 3. The SMILES string of the molecule is COc1cccc(C=NNC(=O)c2ccccc2OCc2ccccc2)c1OC. The van der Waals surface area contributed by atoms with Crippen LogP contribution in [0.15, 0.2) is 77.9 Å². The Morgan fingerprint density at radius 2 is 1.62 bits per heavy atom. The third kappa shape index (κ3) is 5.13. The van der Waals surface area contributed by atoms with Gasteiger partial charge in [-0.3, -0.25) is 4.79 Å². The minimum atomic E-state index is -0.369. The Balaban J connectivity index is 1.69. The maximum atomic E-state index is 12.6. The Bertz CT molecular complexity index is 987. The van der Waals surface area contributed by atoms with E-state index < -0.39 is 0 Å². The number of nitrogens with one attached hydrogen (secondary N) is 1. The number of para-hydroxylation sites is 2. The predicted octanol–water partition coefficient (Wildman–Crippen LogP) is 4.05. The highest BCUT2D eigenvalue weighted by atomic mass is 16.5. The minimum absolute atomic E-state index is 0.369. The van der Waals surface area contributed by atoms with Crippen molar-refractivity contribution in [2.45, 2.75) is 6.61 Å². The van der Waals surface area contributed by atoms with Crippen LogP contribution in [0, 0.1) is 0 Å². The number of hydrazone groups is 1. The second kappa shape index (κ2) is 9.94. The first kappa shape index (κ1) is 19.9. The van der Waals surface area contributed by atoms with Crippen LogP contribution < -0.4 is 19.6 Å². The van der Waals surface area contributed by atoms with Gasteiger partial charge in [-0.05, 0) is 29.8 Å². The zero-order valence-electron chi connectivity index (χ0n) is 16.3. The molecular formula is C23H22N2O4. The van der Waals surface area contributed by atoms with E-state index in [9.17, 15) is 4.79 Å². The molecule has 0 atom stereocenters. The summed E-state index contributed by atoms with van der Waals surface area (Å²) in [6.07, 6.45) is 1.51. The highest BCUT2D eigenvalue weighted by Gasteiger charge is 2.12. The standard InChI is InChI=1S/C23H22N2O4/c1-27-21-14-8-11-18(22(21)28-2)15-24-25-23(26)19-12-6-7-13-20(19)29-16-17-9-4-3-5-10-17/h3-15H,16H2,1-2H3,(H,25,26). The van der Waals surface area contributed by atoms with Crippen LogP contribution >= 0.6 is 0 Å². The van der Waals surface area contributed by atoms with Crippen LogP contribution in [0.25, 0.3) is 0 Å². The summed E-state index contributed by atoms with van der Waals surface area (Å²) in [5.74, 6) is 1.25. The number of nitrogens with zero attached hydrogens (tertiary/aromatic N) is 1. The van der Waals surface area contributed by atoms with Gasteiger partial charge in [0.2, 0.25) is 0 Å². The summed E-state index contributed by atoms with van der Waals surface area (Å²) < 4.78 is 16.4. The highest BCUT2D eigenvalue weighted by Crippen LogP contribution is 2.29. The molecule has 3 aromatic carbocycles. The molecule has 0 bridgehead atoms. The lowest BCUT2D eigenvalue weighted by atomic mass is 10.2. The van der Waals surface area contributed by atoms with E-state index in [1.54, 1.807) is 38.5 Å². The molecule has 29 heavy (non-hydrogen) atoms. The van der Waals surface area contributed by atoms with Gasteiger partial charge in [0.1, 0.15) is 12.4 Å². The molecule has 0 aromatic heterocycles. The van der Waals surface area contributed by atoms with Gasteiger partial charge in [-0.15, -0.1) is 0 Å². The number of carbonyl (C=O) groups is 1. The van der Waals surface area contributed by atoms with E-state index >= 15 is 0 Å². The van der Waals surface area contributed by atoms with E-state index in [0.29, 0.717) is 35.0 Å². The van der Waals surface area contributed by atoms with Crippen molar-refractivity contribution in [2.24, 2.45) is 5.10 Å². The Morgan fingerprint density at radius 1 is 0.897 bits per heavy atom. The zero-order chi connectivity index (χ0) is 20.5. The largest absolute Gasteiger partial charge is 0.493 e. The molecule has 0 unspecified atom stereocenters. The monoisotopic (exact) mass is 390 g/mol. The fourth-order valence-corrected chi connectivity index (χ4v) is 2.75. The van der Waals surface area contributed by atoms with Crippen molar-refractivity contribution in [3.8, 4) is 17.2 Å². The average Bonchev–Trinajstić information content (AvgIpc) is 2.78. The number of rotatable bonds is 8. The molecule has 6 heteroatoms. The van der Waals surface area contributed by atoms with Gasteiger partial charge in [0.15, 0.2) is 11.5 Å². The van der Waals surface area contributed by atoms with E-state index in [1.807, 2.05) is 48.5 Å². The Kier molecular flexibility index (Phi) is 6.84. The first-order valence-electron chi connectivity index (χ1n) is 9.03. The number of methoxy groups -OCH3 is 2. The van der Waals surface area contributed by atoms with Crippen molar-refractivity contribution in [3.05, 3.63) is 89.5 Å². The number of benzene rings is 3. The summed E-state index contributed by atoms with van der Waals surface area (Å²) in [6.45, 7) is 0.370. The molecule has 0 aliphatic carbocycles. The third-order valence-electron chi connectivity index (χ3n) is 4.17. The van der Waals surface area contributed by atoms with E-state index in [1.165, 1.54) is 6.21 Å². The number of hydrogen-bond donors (Lipinski definition) is 1. The Hall–Kier alpha value is -3.80. The molecule has 0 radical (unpaired) electrons. The van der Waals surface area contributed by atoms with E-state index in [4.69, 9.17) is 14.2 Å². The van der Waals surface area contributed by atoms with Gasteiger partial charge in [0.25, 0.3) is 5.91 Å². The van der Waals surface area contributed by atoms with Gasteiger partial charge in [-0.2, -0.15) is 5.10 Å². The fourth-order valence-electron chi connectivity index (χ4n) is 2.75. The Morgan fingerprint density at radius 3 is 2.38 bits per heavy atom. The van der Waals surface area contributed by atoms with Crippen molar-refractivity contribution >= 4 is 12.1 Å². The summed E-state index contributed by atoms with van der Waals surface area (Å²) in [7, 11) is 3.11. The smallest absolute Gasteiger partial charge is 0.275 e. The quantitative estimate of drug-likeness (QED) is 0.465. The molecule has 0 fully saturated rings. The van der Waals surface area contributed by atoms with Gasteiger partial charge in [-0.25, -0.2) is 5.43 Å². The molecule has 6 nitrogen and oxygen atoms in total. The van der Waals surface area contributed by atoms with Gasteiger partial charge in [0, 0.05) is 5.56 Å². The molecule has 0 aliphatic heterocycles. The first-order chi connectivity index (χ1) is 14.2. The number of amides is 1. The molecule has 3 aromatic rings. The molecule has 3 rings (SSSR count). The summed E-state index contributed by atoms with van der Waals surface area (Å²) in [5, 5.41) is 4.05. The molecule has 1 N–H and O–H groups in total. The normalized spacial score (nSPS) is 10.6. The molecule has 0 saturated heterocycles. The second-order valence-electron chi connectivity index (χ2n) is 6.05. The molecular weight excluding hydrogens is 368 g/mol. The van der Waals surface area contributed by atoms with Crippen LogP contribution in [0.5, 0.6) is 17.2 Å². The fraction of sp³-hybridized carbons (Fsp3) is 0.130. The van der Waals surface area contributed by atoms with Gasteiger partial charge in [0.05, 0.1) is 26.0 Å². The van der Waals surface area contributed by atoms with Crippen molar-refractivity contribution < 1.29 is 19.0 Å². The van der Waals surface area contributed by atoms with Crippen LogP contribution in [0.2, 0.25) is 0 Å². The lowest BCUT2D eigenvalue weighted by molar-refractivity contribution is 0.0950. The van der Waals surface area contributed by atoms with Crippen molar-refractivity contribution in [3.63, 3.8) is 0 Å².